The van der Waals surface area contributed by atoms with Gasteiger partial charge in [0.2, 0.25) is 0 Å². The van der Waals surface area contributed by atoms with E-state index in [1.54, 1.807) is 24.3 Å². The first kappa shape index (κ1) is 14.3. The number of aliphatic hydroxyl groups excluding tert-OH is 1. The number of nitrogens with one attached hydrogen (secondary N) is 1. The normalized spacial score (nSPS) is 12.0. The van der Waals surface area contributed by atoms with Gasteiger partial charge in [0.15, 0.2) is 6.10 Å². The Bertz CT molecular complexity index is 778. The number of benzene rings is 3. The van der Waals surface area contributed by atoms with Gasteiger partial charge in [0, 0.05) is 6.54 Å². The molecule has 3 heteroatoms. The lowest BCUT2D eigenvalue weighted by atomic mass is 10.0. The van der Waals surface area contributed by atoms with Crippen molar-refractivity contribution in [2.24, 2.45) is 0 Å². The monoisotopic (exact) mass is 291 g/mol. The summed E-state index contributed by atoms with van der Waals surface area (Å²) in [6.45, 7) is 0.393. The number of carbonyl (C=O) groups is 1. The molecule has 0 heterocycles. The SMILES string of the molecule is O=C(NCc1cccc2ccccc12)C(O)c1ccccc1. The van der Waals surface area contributed by atoms with Gasteiger partial charge in [-0.2, -0.15) is 0 Å². The summed E-state index contributed by atoms with van der Waals surface area (Å²) in [4.78, 5) is 12.1. The minimum absolute atomic E-state index is 0.390. The average molecular weight is 291 g/mol. The van der Waals surface area contributed by atoms with E-state index in [4.69, 9.17) is 0 Å². The summed E-state index contributed by atoms with van der Waals surface area (Å²) in [5, 5.41) is 15.1. The number of hydrogen-bond donors (Lipinski definition) is 2. The molecule has 1 amide bonds. The van der Waals surface area contributed by atoms with Crippen molar-refractivity contribution in [2.75, 3.05) is 0 Å². The van der Waals surface area contributed by atoms with Crippen molar-refractivity contribution >= 4 is 16.7 Å². The predicted molar refractivity (Wildman–Crippen MR) is 87.2 cm³/mol. The van der Waals surface area contributed by atoms with E-state index in [0.29, 0.717) is 12.1 Å². The van der Waals surface area contributed by atoms with Crippen LogP contribution in [0.15, 0.2) is 72.8 Å². The zero-order chi connectivity index (χ0) is 15.4. The van der Waals surface area contributed by atoms with Crippen molar-refractivity contribution in [1.82, 2.24) is 5.32 Å². The van der Waals surface area contributed by atoms with Gasteiger partial charge in [0.1, 0.15) is 0 Å². The zero-order valence-corrected chi connectivity index (χ0v) is 12.1. The van der Waals surface area contributed by atoms with E-state index in [0.717, 1.165) is 16.3 Å². The topological polar surface area (TPSA) is 49.3 Å². The fraction of sp³-hybridized carbons (Fsp3) is 0.105. The lowest BCUT2D eigenvalue weighted by Gasteiger charge is -2.13. The summed E-state index contributed by atoms with van der Waals surface area (Å²) in [7, 11) is 0. The van der Waals surface area contributed by atoms with E-state index >= 15 is 0 Å². The second-order valence-corrected chi connectivity index (χ2v) is 5.17. The van der Waals surface area contributed by atoms with Gasteiger partial charge >= 0.3 is 0 Å². The van der Waals surface area contributed by atoms with Crippen LogP contribution in [0.1, 0.15) is 17.2 Å². The highest BCUT2D eigenvalue weighted by atomic mass is 16.3. The van der Waals surface area contributed by atoms with Crippen LogP contribution in [0.2, 0.25) is 0 Å². The van der Waals surface area contributed by atoms with Crippen LogP contribution in [0.5, 0.6) is 0 Å². The highest BCUT2D eigenvalue weighted by molar-refractivity contribution is 5.87. The molecule has 22 heavy (non-hydrogen) atoms. The third-order valence-corrected chi connectivity index (χ3v) is 3.70. The highest BCUT2D eigenvalue weighted by Gasteiger charge is 2.16. The molecule has 0 aliphatic heterocycles. The first-order chi connectivity index (χ1) is 10.8. The number of carbonyl (C=O) groups excluding carboxylic acids is 1. The van der Waals surface area contributed by atoms with Gasteiger partial charge in [-0.05, 0) is 21.9 Å². The molecule has 0 aliphatic rings. The molecule has 3 nitrogen and oxygen atoms in total. The molecule has 0 fully saturated rings. The molecular formula is C19H17NO2. The van der Waals surface area contributed by atoms with Crippen LogP contribution in [0.25, 0.3) is 10.8 Å². The van der Waals surface area contributed by atoms with Gasteiger partial charge in [-0.25, -0.2) is 0 Å². The van der Waals surface area contributed by atoms with Gasteiger partial charge in [0.05, 0.1) is 0 Å². The van der Waals surface area contributed by atoms with E-state index in [1.807, 2.05) is 48.5 Å². The van der Waals surface area contributed by atoms with Crippen LogP contribution in [-0.2, 0) is 11.3 Å². The van der Waals surface area contributed by atoms with Crippen LogP contribution in [0.3, 0.4) is 0 Å². The van der Waals surface area contributed by atoms with Crippen molar-refractivity contribution < 1.29 is 9.90 Å². The summed E-state index contributed by atoms with van der Waals surface area (Å²) in [6, 6.07) is 23.0. The minimum atomic E-state index is -1.14. The molecule has 2 N–H and O–H groups in total. The van der Waals surface area contributed by atoms with Crippen LogP contribution < -0.4 is 5.32 Å². The molecular weight excluding hydrogens is 274 g/mol. The number of hydrogen-bond acceptors (Lipinski definition) is 2. The Morgan fingerprint density at radius 3 is 2.41 bits per heavy atom. The fourth-order valence-electron chi connectivity index (χ4n) is 2.51. The third kappa shape index (κ3) is 3.00. The second kappa shape index (κ2) is 6.41. The first-order valence-electron chi connectivity index (χ1n) is 7.23. The Morgan fingerprint density at radius 1 is 0.909 bits per heavy atom. The maximum Gasteiger partial charge on any atom is 0.253 e. The molecule has 0 aliphatic carbocycles. The van der Waals surface area contributed by atoms with Crippen molar-refractivity contribution in [3.63, 3.8) is 0 Å². The lowest BCUT2D eigenvalue weighted by molar-refractivity contribution is -0.129. The van der Waals surface area contributed by atoms with Crippen LogP contribution in [-0.4, -0.2) is 11.0 Å². The Labute approximate surface area is 129 Å². The Balaban J connectivity index is 1.73. The lowest BCUT2D eigenvalue weighted by Crippen LogP contribution is -2.28. The molecule has 0 radical (unpaired) electrons. The average Bonchev–Trinajstić information content (AvgIpc) is 2.59. The molecule has 0 bridgehead atoms. The van der Waals surface area contributed by atoms with Crippen molar-refractivity contribution in [1.29, 1.82) is 0 Å². The van der Waals surface area contributed by atoms with E-state index in [2.05, 4.69) is 5.32 Å². The molecule has 1 atom stereocenters. The largest absolute Gasteiger partial charge is 0.378 e. The summed E-state index contributed by atoms with van der Waals surface area (Å²) in [5.74, 6) is -0.390. The molecule has 110 valence electrons. The third-order valence-electron chi connectivity index (χ3n) is 3.70. The quantitative estimate of drug-likeness (QED) is 0.775. The summed E-state index contributed by atoms with van der Waals surface area (Å²) in [6.07, 6.45) is -1.14. The van der Waals surface area contributed by atoms with Gasteiger partial charge in [-0.1, -0.05) is 72.8 Å². The second-order valence-electron chi connectivity index (χ2n) is 5.17. The van der Waals surface area contributed by atoms with E-state index in [-0.39, 0.29) is 5.91 Å². The molecule has 0 spiro atoms. The van der Waals surface area contributed by atoms with Crippen molar-refractivity contribution in [3.8, 4) is 0 Å². The summed E-state index contributed by atoms with van der Waals surface area (Å²) in [5.41, 5.74) is 1.63. The molecule has 3 aromatic carbocycles. The fourth-order valence-corrected chi connectivity index (χ4v) is 2.51. The smallest absolute Gasteiger partial charge is 0.253 e. The first-order valence-corrected chi connectivity index (χ1v) is 7.23. The standard InChI is InChI=1S/C19H17NO2/c21-18(15-8-2-1-3-9-15)19(22)20-13-16-11-6-10-14-7-4-5-12-17(14)16/h1-12,18,21H,13H2,(H,20,22). The highest BCUT2D eigenvalue weighted by Crippen LogP contribution is 2.19. The summed E-state index contributed by atoms with van der Waals surface area (Å²) >= 11 is 0. The van der Waals surface area contributed by atoms with E-state index < -0.39 is 6.10 Å². The van der Waals surface area contributed by atoms with Crippen LogP contribution >= 0.6 is 0 Å². The molecule has 1 unspecified atom stereocenters. The maximum absolute atomic E-state index is 12.1. The molecule has 3 rings (SSSR count). The number of fused-ring (bicyclic) bond motifs is 1. The van der Waals surface area contributed by atoms with Crippen LogP contribution in [0.4, 0.5) is 0 Å². The van der Waals surface area contributed by atoms with E-state index in [1.165, 1.54) is 0 Å². The molecule has 0 saturated heterocycles. The van der Waals surface area contributed by atoms with Gasteiger partial charge in [-0.3, -0.25) is 4.79 Å². The van der Waals surface area contributed by atoms with Gasteiger partial charge in [0.25, 0.3) is 5.91 Å². The maximum atomic E-state index is 12.1. The van der Waals surface area contributed by atoms with Crippen molar-refractivity contribution in [3.05, 3.63) is 83.9 Å². The zero-order valence-electron chi connectivity index (χ0n) is 12.1. The number of rotatable bonds is 4. The summed E-state index contributed by atoms with van der Waals surface area (Å²) < 4.78 is 0. The van der Waals surface area contributed by atoms with Gasteiger partial charge < -0.3 is 10.4 Å². The predicted octanol–water partition coefficient (Wildman–Crippen LogP) is 3.19. The molecule has 0 saturated carbocycles. The van der Waals surface area contributed by atoms with Gasteiger partial charge in [-0.15, -0.1) is 0 Å². The Morgan fingerprint density at radius 2 is 1.59 bits per heavy atom. The number of amides is 1. The van der Waals surface area contributed by atoms with E-state index in [9.17, 15) is 9.90 Å². The van der Waals surface area contributed by atoms with Crippen molar-refractivity contribution in [2.45, 2.75) is 12.6 Å². The molecule has 0 aromatic heterocycles. The molecule has 3 aromatic rings. The Kier molecular flexibility index (Phi) is 4.17. The Hall–Kier alpha value is -2.65. The van der Waals surface area contributed by atoms with Crippen LogP contribution in [0, 0.1) is 0 Å². The number of aliphatic hydroxyl groups is 1. The minimum Gasteiger partial charge on any atom is -0.378 e.